The van der Waals surface area contributed by atoms with E-state index in [4.69, 9.17) is 9.15 Å². The van der Waals surface area contributed by atoms with Crippen molar-refractivity contribution in [3.05, 3.63) is 74.8 Å². The maximum atomic E-state index is 13.1. The number of anilines is 1. The molecule has 1 saturated heterocycles. The van der Waals surface area contributed by atoms with E-state index in [2.05, 4.69) is 4.90 Å². The average Bonchev–Trinajstić information content (AvgIpc) is 3.38. The standard InChI is InChI=1S/C25H29F3N4O4.ClH/c1-18-19(2)32(22-9-5-16-35-22)24(34)31(23(18)33)11-6-10-29-12-14-30(15-13-29)20-7-3-4-8-21(20)36-17-25(26,27)28;/h3-5,7-9,16H,6,10-15,17H2,1-2H3;1H. The first-order valence-corrected chi connectivity index (χ1v) is 11.8. The quantitative estimate of drug-likeness (QED) is 0.431. The van der Waals surface area contributed by atoms with Crippen molar-refractivity contribution in [2.75, 3.05) is 44.2 Å². The lowest BCUT2D eigenvalue weighted by atomic mass is 10.2. The summed E-state index contributed by atoms with van der Waals surface area (Å²) >= 11 is 0. The molecule has 0 N–H and O–H groups in total. The zero-order chi connectivity index (χ0) is 25.9. The monoisotopic (exact) mass is 542 g/mol. The highest BCUT2D eigenvalue weighted by Crippen LogP contribution is 2.30. The molecule has 37 heavy (non-hydrogen) atoms. The van der Waals surface area contributed by atoms with Gasteiger partial charge in [-0.1, -0.05) is 12.1 Å². The molecule has 3 heterocycles. The summed E-state index contributed by atoms with van der Waals surface area (Å²) in [6, 6.07) is 10.1. The summed E-state index contributed by atoms with van der Waals surface area (Å²) in [5, 5.41) is 0. The second-order valence-corrected chi connectivity index (χ2v) is 8.79. The second-order valence-electron chi connectivity index (χ2n) is 8.79. The molecule has 0 radical (unpaired) electrons. The highest BCUT2D eigenvalue weighted by molar-refractivity contribution is 5.85. The predicted octanol–water partition coefficient (Wildman–Crippen LogP) is 3.78. The van der Waals surface area contributed by atoms with Crippen LogP contribution in [0.2, 0.25) is 0 Å². The van der Waals surface area contributed by atoms with Gasteiger partial charge in [-0.15, -0.1) is 12.4 Å². The lowest BCUT2D eigenvalue weighted by Crippen LogP contribution is -2.47. The minimum atomic E-state index is -4.40. The van der Waals surface area contributed by atoms with Crippen LogP contribution in [0.3, 0.4) is 0 Å². The number of furan rings is 1. The summed E-state index contributed by atoms with van der Waals surface area (Å²) in [5.74, 6) is 0.579. The normalized spacial score (nSPS) is 14.5. The third kappa shape index (κ3) is 6.58. The Morgan fingerprint density at radius 1 is 0.973 bits per heavy atom. The number of para-hydroxylation sites is 2. The van der Waals surface area contributed by atoms with E-state index >= 15 is 0 Å². The first-order valence-electron chi connectivity index (χ1n) is 11.8. The van der Waals surface area contributed by atoms with Crippen LogP contribution in [-0.2, 0) is 6.54 Å². The molecular weight excluding hydrogens is 513 g/mol. The van der Waals surface area contributed by atoms with Crippen molar-refractivity contribution in [1.82, 2.24) is 14.0 Å². The summed E-state index contributed by atoms with van der Waals surface area (Å²) in [7, 11) is 0. The highest BCUT2D eigenvalue weighted by Gasteiger charge is 2.29. The molecule has 0 amide bonds. The van der Waals surface area contributed by atoms with Gasteiger partial charge in [0.15, 0.2) is 6.61 Å². The van der Waals surface area contributed by atoms with Crippen LogP contribution < -0.4 is 20.9 Å². The lowest BCUT2D eigenvalue weighted by Gasteiger charge is -2.36. The van der Waals surface area contributed by atoms with Gasteiger partial charge in [-0.3, -0.25) is 14.3 Å². The maximum Gasteiger partial charge on any atom is 0.422 e. The Hall–Kier alpha value is -3.18. The second kappa shape index (κ2) is 11.9. The Bertz CT molecular complexity index is 1300. The van der Waals surface area contributed by atoms with Crippen molar-refractivity contribution >= 4 is 18.1 Å². The molecule has 0 aliphatic carbocycles. The summed E-state index contributed by atoms with van der Waals surface area (Å²) in [6.07, 6.45) is -2.32. The van der Waals surface area contributed by atoms with Gasteiger partial charge in [-0.05, 0) is 45.0 Å². The molecule has 1 aliphatic rings. The molecule has 12 heteroatoms. The lowest BCUT2D eigenvalue weighted by molar-refractivity contribution is -0.153. The number of benzene rings is 1. The van der Waals surface area contributed by atoms with Crippen LogP contribution in [0.5, 0.6) is 5.75 Å². The Labute approximate surface area is 218 Å². The molecule has 1 aliphatic heterocycles. The van der Waals surface area contributed by atoms with Gasteiger partial charge in [-0.2, -0.15) is 13.2 Å². The van der Waals surface area contributed by atoms with Gasteiger partial charge < -0.3 is 14.1 Å². The average molecular weight is 543 g/mol. The number of ether oxygens (including phenoxy) is 1. The number of nitrogens with zero attached hydrogens (tertiary/aromatic N) is 4. The predicted molar refractivity (Wildman–Crippen MR) is 137 cm³/mol. The van der Waals surface area contributed by atoms with E-state index < -0.39 is 18.5 Å². The number of aromatic nitrogens is 2. The molecule has 2 aromatic heterocycles. The Kier molecular flexibility index (Phi) is 9.14. The minimum Gasteiger partial charge on any atom is -0.482 e. The van der Waals surface area contributed by atoms with Gasteiger partial charge in [0.05, 0.1) is 12.0 Å². The summed E-state index contributed by atoms with van der Waals surface area (Å²) in [5.41, 5.74) is 0.943. The van der Waals surface area contributed by atoms with E-state index in [1.54, 1.807) is 50.2 Å². The fraction of sp³-hybridized carbons (Fsp3) is 0.440. The summed E-state index contributed by atoms with van der Waals surface area (Å²) < 4.78 is 50.9. The van der Waals surface area contributed by atoms with Gasteiger partial charge in [0.2, 0.25) is 5.88 Å². The van der Waals surface area contributed by atoms with Crippen LogP contribution in [0, 0.1) is 13.8 Å². The van der Waals surface area contributed by atoms with E-state index in [1.165, 1.54) is 15.4 Å². The molecule has 1 fully saturated rings. The van der Waals surface area contributed by atoms with Crippen molar-refractivity contribution in [2.45, 2.75) is 33.0 Å². The van der Waals surface area contributed by atoms with Gasteiger partial charge in [-0.25, -0.2) is 9.36 Å². The Morgan fingerprint density at radius 2 is 1.68 bits per heavy atom. The summed E-state index contributed by atoms with van der Waals surface area (Å²) in [4.78, 5) is 30.1. The molecule has 8 nitrogen and oxygen atoms in total. The van der Waals surface area contributed by atoms with Gasteiger partial charge >= 0.3 is 11.9 Å². The first-order chi connectivity index (χ1) is 17.2. The number of hydrogen-bond acceptors (Lipinski definition) is 6. The third-order valence-corrected chi connectivity index (χ3v) is 6.42. The van der Waals surface area contributed by atoms with Crippen molar-refractivity contribution in [3.8, 4) is 11.6 Å². The zero-order valence-corrected chi connectivity index (χ0v) is 21.5. The number of alkyl halides is 3. The molecule has 3 aromatic rings. The van der Waals surface area contributed by atoms with Gasteiger partial charge in [0.1, 0.15) is 5.75 Å². The van der Waals surface area contributed by atoms with Gasteiger partial charge in [0.25, 0.3) is 5.56 Å². The van der Waals surface area contributed by atoms with Crippen LogP contribution in [0.4, 0.5) is 18.9 Å². The fourth-order valence-electron chi connectivity index (χ4n) is 4.39. The number of piperazine rings is 1. The topological polar surface area (TPSA) is 72.8 Å². The molecular formula is C25H30ClF3N4O4. The van der Waals surface area contributed by atoms with Crippen LogP contribution in [0.25, 0.3) is 5.88 Å². The number of halogens is 4. The molecule has 4 rings (SSSR count). The molecule has 0 unspecified atom stereocenters. The molecule has 0 saturated carbocycles. The van der Waals surface area contributed by atoms with Crippen LogP contribution in [-0.4, -0.2) is 59.5 Å². The smallest absolute Gasteiger partial charge is 0.422 e. The maximum absolute atomic E-state index is 13.1. The molecule has 1 aromatic carbocycles. The molecule has 0 spiro atoms. The number of hydrogen-bond donors (Lipinski definition) is 0. The van der Waals surface area contributed by atoms with Crippen molar-refractivity contribution < 1.29 is 22.3 Å². The van der Waals surface area contributed by atoms with Gasteiger partial charge in [0, 0.05) is 50.0 Å². The van der Waals surface area contributed by atoms with Crippen LogP contribution in [0.15, 0.2) is 56.7 Å². The van der Waals surface area contributed by atoms with E-state index in [0.717, 1.165) is 0 Å². The fourth-order valence-corrected chi connectivity index (χ4v) is 4.39. The van der Waals surface area contributed by atoms with E-state index in [-0.39, 0.29) is 30.3 Å². The third-order valence-electron chi connectivity index (χ3n) is 6.42. The van der Waals surface area contributed by atoms with Crippen LogP contribution >= 0.6 is 12.4 Å². The molecule has 0 atom stereocenters. The zero-order valence-electron chi connectivity index (χ0n) is 20.7. The highest BCUT2D eigenvalue weighted by atomic mass is 35.5. The SMILES string of the molecule is Cc1c(C)n(-c2ccco2)c(=O)n(CCCN2CCN(c3ccccc3OCC(F)(F)F)CC2)c1=O.Cl. The Morgan fingerprint density at radius 3 is 2.32 bits per heavy atom. The van der Waals surface area contributed by atoms with E-state index in [1.807, 2.05) is 4.90 Å². The van der Waals surface area contributed by atoms with Crippen LogP contribution in [0.1, 0.15) is 17.7 Å². The minimum absolute atomic E-state index is 0. The van der Waals surface area contributed by atoms with Crippen molar-refractivity contribution in [1.29, 1.82) is 0 Å². The number of rotatable bonds is 8. The molecule has 202 valence electrons. The summed E-state index contributed by atoms with van der Waals surface area (Å²) in [6.45, 7) is 5.69. The van der Waals surface area contributed by atoms with Crippen molar-refractivity contribution in [3.63, 3.8) is 0 Å². The van der Waals surface area contributed by atoms with Crippen molar-refractivity contribution in [2.24, 2.45) is 0 Å². The van der Waals surface area contributed by atoms with E-state index in [0.29, 0.717) is 62.0 Å². The largest absolute Gasteiger partial charge is 0.482 e. The Balaban J connectivity index is 0.00000380. The molecule has 0 bridgehead atoms. The first kappa shape index (κ1) is 28.4. The van der Waals surface area contributed by atoms with E-state index in [9.17, 15) is 22.8 Å².